The molecular weight excluding hydrogens is 222 g/mol. The maximum absolute atomic E-state index is 9.72. The summed E-state index contributed by atoms with van der Waals surface area (Å²) in [4.78, 5) is 0. The first-order valence-corrected chi connectivity index (χ1v) is 6.55. The Labute approximate surface area is 101 Å². The molecule has 0 aliphatic heterocycles. The fourth-order valence-corrected chi connectivity index (χ4v) is 1.60. The third-order valence-corrected chi connectivity index (χ3v) is 3.41. The minimum atomic E-state index is 0.281. The van der Waals surface area contributed by atoms with Gasteiger partial charge in [0.2, 0.25) is 0 Å². The van der Waals surface area contributed by atoms with Crippen molar-refractivity contribution in [2.24, 2.45) is 0 Å². The fraction of sp³-hybridized carbons (Fsp3) is 0.500. The molecule has 0 saturated heterocycles. The van der Waals surface area contributed by atoms with Crippen LogP contribution < -0.4 is 10.1 Å². The van der Waals surface area contributed by atoms with Crippen molar-refractivity contribution in [2.75, 3.05) is 19.9 Å². The van der Waals surface area contributed by atoms with Crippen molar-refractivity contribution in [3.05, 3.63) is 23.8 Å². The van der Waals surface area contributed by atoms with E-state index >= 15 is 0 Å². The van der Waals surface area contributed by atoms with Gasteiger partial charge in [-0.2, -0.15) is 11.8 Å². The van der Waals surface area contributed by atoms with Crippen molar-refractivity contribution < 1.29 is 9.84 Å². The van der Waals surface area contributed by atoms with Gasteiger partial charge in [0.25, 0.3) is 0 Å². The maximum Gasteiger partial charge on any atom is 0.123 e. The van der Waals surface area contributed by atoms with Crippen LogP contribution in [0, 0.1) is 0 Å². The molecule has 1 unspecified atom stereocenters. The van der Waals surface area contributed by atoms with Gasteiger partial charge < -0.3 is 15.2 Å². The highest BCUT2D eigenvalue weighted by Crippen LogP contribution is 2.23. The Morgan fingerprint density at radius 1 is 1.50 bits per heavy atom. The summed E-state index contributed by atoms with van der Waals surface area (Å²) in [5.41, 5.74) is 0.897. The molecule has 16 heavy (non-hydrogen) atoms. The normalized spacial score (nSPS) is 12.4. The van der Waals surface area contributed by atoms with Crippen LogP contribution in [-0.2, 0) is 6.54 Å². The maximum atomic E-state index is 9.72. The highest BCUT2D eigenvalue weighted by atomic mass is 32.2. The van der Waals surface area contributed by atoms with Gasteiger partial charge in [-0.05, 0) is 12.3 Å². The van der Waals surface area contributed by atoms with Gasteiger partial charge in [-0.25, -0.2) is 0 Å². The van der Waals surface area contributed by atoms with Crippen LogP contribution >= 0.6 is 11.8 Å². The molecular formula is C12H19NO2S. The monoisotopic (exact) mass is 241 g/mol. The Hall–Kier alpha value is -0.870. The average Bonchev–Trinajstić information content (AvgIpc) is 2.30. The molecule has 1 aromatic carbocycles. The number of hydrogen-bond acceptors (Lipinski definition) is 4. The van der Waals surface area contributed by atoms with E-state index in [1.54, 1.807) is 13.2 Å². The SMILES string of the molecule is COc1ccc(CNCC(C)SC)c(O)c1. The second-order valence-electron chi connectivity index (χ2n) is 3.67. The molecule has 0 amide bonds. The number of hydrogen-bond donors (Lipinski definition) is 2. The quantitative estimate of drug-likeness (QED) is 0.801. The van der Waals surface area contributed by atoms with Crippen LogP contribution in [0.1, 0.15) is 12.5 Å². The van der Waals surface area contributed by atoms with Crippen LogP contribution in [0.4, 0.5) is 0 Å². The molecule has 0 spiro atoms. The first-order chi connectivity index (χ1) is 7.67. The standard InChI is InChI=1S/C12H19NO2S/c1-9(16-3)7-13-8-10-4-5-11(15-2)6-12(10)14/h4-6,9,13-14H,7-8H2,1-3H3. The highest BCUT2D eigenvalue weighted by molar-refractivity contribution is 7.99. The molecule has 1 rings (SSSR count). The largest absolute Gasteiger partial charge is 0.507 e. The Morgan fingerprint density at radius 3 is 2.81 bits per heavy atom. The van der Waals surface area contributed by atoms with Gasteiger partial charge in [0.1, 0.15) is 11.5 Å². The highest BCUT2D eigenvalue weighted by Gasteiger charge is 2.04. The summed E-state index contributed by atoms with van der Waals surface area (Å²) >= 11 is 1.83. The van der Waals surface area contributed by atoms with E-state index < -0.39 is 0 Å². The summed E-state index contributed by atoms with van der Waals surface area (Å²) in [6, 6.07) is 5.37. The van der Waals surface area contributed by atoms with Gasteiger partial charge in [0.15, 0.2) is 0 Å². The van der Waals surface area contributed by atoms with Crippen LogP contribution in [-0.4, -0.2) is 30.3 Å². The Morgan fingerprint density at radius 2 is 2.25 bits per heavy atom. The molecule has 4 heteroatoms. The molecule has 3 nitrogen and oxygen atoms in total. The Kier molecular flexibility index (Phi) is 5.49. The molecule has 0 aliphatic rings. The van der Waals surface area contributed by atoms with Crippen LogP contribution in [0.25, 0.3) is 0 Å². The van der Waals surface area contributed by atoms with Gasteiger partial charge in [-0.1, -0.05) is 13.0 Å². The van der Waals surface area contributed by atoms with Gasteiger partial charge in [0, 0.05) is 30.0 Å². The third-order valence-electron chi connectivity index (χ3n) is 2.44. The lowest BCUT2D eigenvalue weighted by Crippen LogP contribution is -2.22. The number of benzene rings is 1. The van der Waals surface area contributed by atoms with Crippen LogP contribution in [0.5, 0.6) is 11.5 Å². The van der Waals surface area contributed by atoms with Crippen molar-refractivity contribution in [3.8, 4) is 11.5 Å². The van der Waals surface area contributed by atoms with E-state index in [-0.39, 0.29) is 5.75 Å². The Balaban J connectivity index is 2.48. The number of aromatic hydroxyl groups is 1. The fourth-order valence-electron chi connectivity index (χ4n) is 1.31. The van der Waals surface area contributed by atoms with Gasteiger partial charge in [-0.3, -0.25) is 0 Å². The lowest BCUT2D eigenvalue weighted by molar-refractivity contribution is 0.406. The topological polar surface area (TPSA) is 41.5 Å². The molecule has 1 aromatic rings. The zero-order valence-electron chi connectivity index (χ0n) is 9.99. The smallest absolute Gasteiger partial charge is 0.123 e. The van der Waals surface area contributed by atoms with Crippen LogP contribution in [0.2, 0.25) is 0 Å². The Bertz CT molecular complexity index is 331. The second kappa shape index (κ2) is 6.66. The predicted molar refractivity (Wildman–Crippen MR) is 69.3 cm³/mol. The minimum absolute atomic E-state index is 0.281. The zero-order chi connectivity index (χ0) is 12.0. The van der Waals surface area contributed by atoms with E-state index in [2.05, 4.69) is 18.5 Å². The summed E-state index contributed by atoms with van der Waals surface area (Å²) in [5.74, 6) is 0.961. The summed E-state index contributed by atoms with van der Waals surface area (Å²) in [6.45, 7) is 3.79. The van der Waals surface area contributed by atoms with Crippen molar-refractivity contribution in [2.45, 2.75) is 18.7 Å². The van der Waals surface area contributed by atoms with E-state index in [0.29, 0.717) is 17.5 Å². The zero-order valence-corrected chi connectivity index (χ0v) is 10.8. The van der Waals surface area contributed by atoms with E-state index in [0.717, 1.165) is 12.1 Å². The number of phenolic OH excluding ortho intramolecular Hbond substituents is 1. The van der Waals surface area contributed by atoms with Crippen LogP contribution in [0.15, 0.2) is 18.2 Å². The molecule has 0 fully saturated rings. The minimum Gasteiger partial charge on any atom is -0.507 e. The van der Waals surface area contributed by atoms with E-state index in [4.69, 9.17) is 4.74 Å². The van der Waals surface area contributed by atoms with Crippen LogP contribution in [0.3, 0.4) is 0 Å². The van der Waals surface area contributed by atoms with E-state index in [9.17, 15) is 5.11 Å². The summed E-state index contributed by atoms with van der Waals surface area (Å²) in [7, 11) is 1.59. The number of methoxy groups -OCH3 is 1. The molecule has 0 aromatic heterocycles. The molecule has 2 N–H and O–H groups in total. The lowest BCUT2D eigenvalue weighted by Gasteiger charge is -2.11. The van der Waals surface area contributed by atoms with E-state index in [1.165, 1.54) is 0 Å². The van der Waals surface area contributed by atoms with Gasteiger partial charge >= 0.3 is 0 Å². The number of rotatable bonds is 6. The summed E-state index contributed by atoms with van der Waals surface area (Å²) < 4.78 is 5.03. The summed E-state index contributed by atoms with van der Waals surface area (Å²) in [5, 5.41) is 13.6. The molecule has 0 radical (unpaired) electrons. The van der Waals surface area contributed by atoms with Crippen molar-refractivity contribution >= 4 is 11.8 Å². The van der Waals surface area contributed by atoms with Gasteiger partial charge in [0.05, 0.1) is 7.11 Å². The first kappa shape index (κ1) is 13.2. The summed E-state index contributed by atoms with van der Waals surface area (Å²) in [6.07, 6.45) is 2.09. The van der Waals surface area contributed by atoms with Crippen molar-refractivity contribution in [3.63, 3.8) is 0 Å². The first-order valence-electron chi connectivity index (χ1n) is 5.26. The predicted octanol–water partition coefficient (Wildman–Crippen LogP) is 2.24. The number of phenols is 1. The average molecular weight is 241 g/mol. The second-order valence-corrected chi connectivity index (χ2v) is 4.95. The number of nitrogens with one attached hydrogen (secondary N) is 1. The molecule has 0 bridgehead atoms. The van der Waals surface area contributed by atoms with Crippen molar-refractivity contribution in [1.82, 2.24) is 5.32 Å². The van der Waals surface area contributed by atoms with Crippen molar-refractivity contribution in [1.29, 1.82) is 0 Å². The van der Waals surface area contributed by atoms with Gasteiger partial charge in [-0.15, -0.1) is 0 Å². The number of thioether (sulfide) groups is 1. The van der Waals surface area contributed by atoms with E-state index in [1.807, 2.05) is 23.9 Å². The molecule has 0 aliphatic carbocycles. The third kappa shape index (κ3) is 3.94. The number of ether oxygens (including phenoxy) is 1. The molecule has 0 heterocycles. The molecule has 90 valence electrons. The molecule has 0 saturated carbocycles. The lowest BCUT2D eigenvalue weighted by atomic mass is 10.2. The molecule has 1 atom stereocenters.